The van der Waals surface area contributed by atoms with Gasteiger partial charge in [0.25, 0.3) is 5.91 Å². The Morgan fingerprint density at radius 3 is 2.78 bits per heavy atom. The Morgan fingerprint density at radius 1 is 1.35 bits per heavy atom. The van der Waals surface area contributed by atoms with Crippen LogP contribution >= 0.6 is 11.8 Å². The third kappa shape index (κ3) is 2.92. The van der Waals surface area contributed by atoms with E-state index in [1.54, 1.807) is 0 Å². The number of amides is 2. The van der Waals surface area contributed by atoms with Crippen molar-refractivity contribution in [3.05, 3.63) is 48.6 Å². The van der Waals surface area contributed by atoms with Gasteiger partial charge in [0, 0.05) is 6.42 Å². The number of carbonyl (C=O) groups is 3. The smallest absolute Gasteiger partial charge is 0.397 e. The minimum absolute atomic E-state index is 0.0659. The van der Waals surface area contributed by atoms with Gasteiger partial charge in [-0.25, -0.2) is 4.79 Å². The summed E-state index contributed by atoms with van der Waals surface area (Å²) in [6, 6.07) is 9.16. The number of hydrogen-bond acceptors (Lipinski definition) is 6. The van der Waals surface area contributed by atoms with Gasteiger partial charge in [-0.05, 0) is 5.56 Å². The Kier molecular flexibility index (Phi) is 4.29. The molecule has 0 spiro atoms. The molecule has 2 atom stereocenters. The summed E-state index contributed by atoms with van der Waals surface area (Å²) < 4.78 is 4.68. The first kappa shape index (κ1) is 15.5. The first-order valence-electron chi connectivity index (χ1n) is 7.04. The molecule has 0 saturated carbocycles. The third-order valence-electron chi connectivity index (χ3n) is 3.48. The number of rotatable bonds is 4. The summed E-state index contributed by atoms with van der Waals surface area (Å²) in [5, 5.41) is 0.347. The van der Waals surface area contributed by atoms with Crippen LogP contribution in [0.5, 0.6) is 0 Å². The second kappa shape index (κ2) is 6.37. The molecular weight excluding hydrogens is 316 g/mol. The number of thioether (sulfide) groups is 1. The lowest BCUT2D eigenvalue weighted by atomic mass is 10.1. The quantitative estimate of drug-likeness (QED) is 0.358. The number of esters is 1. The lowest BCUT2D eigenvalue weighted by Crippen LogP contribution is -2.64. The summed E-state index contributed by atoms with van der Waals surface area (Å²) >= 11 is 1.34. The molecule has 23 heavy (non-hydrogen) atoms. The molecule has 2 amide bonds. The lowest BCUT2D eigenvalue weighted by molar-refractivity contribution is -0.168. The van der Waals surface area contributed by atoms with E-state index in [1.165, 1.54) is 17.8 Å². The summed E-state index contributed by atoms with van der Waals surface area (Å²) in [5.41, 5.74) is 1.08. The monoisotopic (exact) mass is 330 g/mol. The van der Waals surface area contributed by atoms with E-state index in [1.807, 2.05) is 30.3 Å². The largest absolute Gasteiger partial charge is 0.454 e. The van der Waals surface area contributed by atoms with Crippen LogP contribution in [0.1, 0.15) is 5.56 Å². The number of likely N-dealkylation sites (tertiary alicyclic amines) is 1. The molecule has 7 heteroatoms. The Hall–Kier alpha value is -2.41. The molecule has 3 rings (SSSR count). The second-order valence-electron chi connectivity index (χ2n) is 5.04. The zero-order valence-electron chi connectivity index (χ0n) is 12.2. The minimum atomic E-state index is -1.05. The Labute approximate surface area is 137 Å². The van der Waals surface area contributed by atoms with E-state index >= 15 is 0 Å². The molecule has 1 fully saturated rings. The zero-order chi connectivity index (χ0) is 16.4. The Morgan fingerprint density at radius 2 is 2.09 bits per heavy atom. The van der Waals surface area contributed by atoms with Crippen LogP contribution in [0.25, 0.3) is 0 Å². The summed E-state index contributed by atoms with van der Waals surface area (Å²) in [4.78, 5) is 40.9. The molecule has 1 aromatic carbocycles. The molecule has 0 bridgehead atoms. The molecule has 2 aliphatic rings. The van der Waals surface area contributed by atoms with E-state index < -0.39 is 29.2 Å². The fourth-order valence-corrected chi connectivity index (χ4v) is 3.69. The van der Waals surface area contributed by atoms with Crippen LogP contribution in [-0.2, 0) is 25.5 Å². The van der Waals surface area contributed by atoms with Gasteiger partial charge in [-0.2, -0.15) is 0 Å². The van der Waals surface area contributed by atoms with Crippen molar-refractivity contribution in [2.75, 3.05) is 6.61 Å². The van der Waals surface area contributed by atoms with Gasteiger partial charge in [0.15, 0.2) is 6.04 Å². The van der Waals surface area contributed by atoms with Crippen LogP contribution in [0, 0.1) is 0 Å². The first-order chi connectivity index (χ1) is 11.1. The van der Waals surface area contributed by atoms with Crippen molar-refractivity contribution < 1.29 is 19.1 Å². The first-order valence-corrected chi connectivity index (χ1v) is 7.92. The van der Waals surface area contributed by atoms with E-state index in [2.05, 4.69) is 16.3 Å². The Bertz CT molecular complexity index is 701. The number of hydrogen-bond donors (Lipinski definition) is 0. The molecule has 1 saturated heterocycles. The maximum Gasteiger partial charge on any atom is 0.397 e. The molecule has 2 unspecified atom stereocenters. The maximum absolute atomic E-state index is 12.0. The highest BCUT2D eigenvalue weighted by molar-refractivity contribution is 8.14. The lowest BCUT2D eigenvalue weighted by Gasteiger charge is -2.38. The highest BCUT2D eigenvalue weighted by Crippen LogP contribution is 2.39. The van der Waals surface area contributed by atoms with Crippen molar-refractivity contribution >= 4 is 34.6 Å². The average Bonchev–Trinajstić information content (AvgIpc) is 2.92. The summed E-state index contributed by atoms with van der Waals surface area (Å²) in [7, 11) is 0. The van der Waals surface area contributed by atoms with Gasteiger partial charge in [-0.3, -0.25) is 19.5 Å². The van der Waals surface area contributed by atoms with Gasteiger partial charge in [-0.1, -0.05) is 54.7 Å². The summed E-state index contributed by atoms with van der Waals surface area (Å²) in [6.45, 7) is 3.33. The van der Waals surface area contributed by atoms with Crippen molar-refractivity contribution in [2.45, 2.75) is 17.8 Å². The molecule has 6 nitrogen and oxygen atoms in total. The molecule has 2 heterocycles. The molecule has 118 valence electrons. The van der Waals surface area contributed by atoms with Crippen LogP contribution in [0.3, 0.4) is 0 Å². The second-order valence-corrected chi connectivity index (χ2v) is 6.23. The number of carbonyl (C=O) groups excluding carboxylic acids is 3. The van der Waals surface area contributed by atoms with Crippen LogP contribution in [0.15, 0.2) is 48.0 Å². The molecule has 0 N–H and O–H groups in total. The number of ether oxygens (including phenoxy) is 1. The normalized spacial score (nSPS) is 22.0. The number of nitrogens with zero attached hydrogens (tertiary/aromatic N) is 2. The molecule has 0 radical (unpaired) electrons. The molecule has 1 aromatic rings. The van der Waals surface area contributed by atoms with Crippen LogP contribution in [0.4, 0.5) is 0 Å². The van der Waals surface area contributed by atoms with Crippen LogP contribution < -0.4 is 0 Å². The van der Waals surface area contributed by atoms with E-state index in [0.717, 1.165) is 15.5 Å². The van der Waals surface area contributed by atoms with Crippen molar-refractivity contribution in [2.24, 2.45) is 4.99 Å². The van der Waals surface area contributed by atoms with Gasteiger partial charge >= 0.3 is 11.9 Å². The van der Waals surface area contributed by atoms with Gasteiger partial charge in [0.05, 0.1) is 5.04 Å². The average molecular weight is 330 g/mol. The predicted octanol–water partition coefficient (Wildman–Crippen LogP) is 1.17. The van der Waals surface area contributed by atoms with Crippen molar-refractivity contribution in [3.8, 4) is 0 Å². The minimum Gasteiger partial charge on any atom is -0.454 e. The zero-order valence-corrected chi connectivity index (χ0v) is 13.0. The van der Waals surface area contributed by atoms with E-state index in [-0.39, 0.29) is 6.61 Å². The fraction of sp³-hybridized carbons (Fsp3) is 0.250. The standard InChI is InChI=1S/C16H14N2O4S/c1-2-8-22-16(21)14(20)18-13(19)12-15(18)23-11(17-12)9-10-6-4-3-5-7-10/h2-7,12,15H,1,8-9H2. The van der Waals surface area contributed by atoms with Crippen molar-refractivity contribution in [1.82, 2.24) is 4.90 Å². The van der Waals surface area contributed by atoms with Gasteiger partial charge in [0.1, 0.15) is 12.0 Å². The van der Waals surface area contributed by atoms with Crippen molar-refractivity contribution in [3.63, 3.8) is 0 Å². The molecule has 2 aliphatic heterocycles. The van der Waals surface area contributed by atoms with E-state index in [0.29, 0.717) is 6.42 Å². The van der Waals surface area contributed by atoms with Crippen LogP contribution in [-0.4, -0.2) is 45.7 Å². The van der Waals surface area contributed by atoms with E-state index in [4.69, 9.17) is 0 Å². The SMILES string of the molecule is C=CCOC(=O)C(=O)N1C(=O)C2N=C(Cc3ccccc3)SC21. The van der Waals surface area contributed by atoms with Gasteiger partial charge < -0.3 is 4.74 Å². The molecular formula is C16H14N2O4S. The highest BCUT2D eigenvalue weighted by atomic mass is 32.2. The van der Waals surface area contributed by atoms with Gasteiger partial charge in [-0.15, -0.1) is 0 Å². The fourth-order valence-electron chi connectivity index (χ4n) is 2.38. The number of benzene rings is 1. The number of fused-ring (bicyclic) bond motifs is 1. The Balaban J connectivity index is 1.63. The third-order valence-corrected chi connectivity index (χ3v) is 4.71. The topological polar surface area (TPSA) is 76.0 Å². The molecule has 0 aromatic heterocycles. The molecule has 0 aliphatic carbocycles. The van der Waals surface area contributed by atoms with Gasteiger partial charge in [0.2, 0.25) is 0 Å². The highest BCUT2D eigenvalue weighted by Gasteiger charge is 2.56. The maximum atomic E-state index is 12.0. The number of β-lactam (4-membered cyclic amide) rings is 1. The predicted molar refractivity (Wildman–Crippen MR) is 85.8 cm³/mol. The summed E-state index contributed by atoms with van der Waals surface area (Å²) in [5.74, 6) is -2.44. The summed E-state index contributed by atoms with van der Waals surface area (Å²) in [6.07, 6.45) is 1.96. The van der Waals surface area contributed by atoms with Crippen molar-refractivity contribution in [1.29, 1.82) is 0 Å². The van der Waals surface area contributed by atoms with Crippen LogP contribution in [0.2, 0.25) is 0 Å². The van der Waals surface area contributed by atoms with E-state index in [9.17, 15) is 14.4 Å². The number of aliphatic imine (C=N–C) groups is 1. The number of imide groups is 1.